The maximum absolute atomic E-state index is 8.87. The topological polar surface area (TPSA) is 29.5 Å². The molecule has 0 amide bonds. The molecule has 0 bridgehead atoms. The van der Waals surface area contributed by atoms with Crippen LogP contribution in [0.4, 0.5) is 0 Å². The van der Waals surface area contributed by atoms with Gasteiger partial charge in [0.1, 0.15) is 5.75 Å². The summed E-state index contributed by atoms with van der Waals surface area (Å²) < 4.78 is 5.64. The van der Waals surface area contributed by atoms with Gasteiger partial charge < -0.3 is 9.84 Å². The summed E-state index contributed by atoms with van der Waals surface area (Å²) in [5.74, 6) is 1.42. The maximum atomic E-state index is 8.87. The van der Waals surface area contributed by atoms with Crippen LogP contribution >= 0.6 is 0 Å². The molecule has 1 aromatic rings. The summed E-state index contributed by atoms with van der Waals surface area (Å²) in [5.41, 5.74) is 1.08. The van der Waals surface area contributed by atoms with Crippen molar-refractivity contribution in [2.75, 3.05) is 13.2 Å². The molecule has 1 N–H and O–H groups in total. The van der Waals surface area contributed by atoms with Crippen molar-refractivity contribution >= 4 is 0 Å². The Morgan fingerprint density at radius 2 is 2.00 bits per heavy atom. The van der Waals surface area contributed by atoms with Gasteiger partial charge in [0.25, 0.3) is 0 Å². The van der Waals surface area contributed by atoms with Gasteiger partial charge in [0.15, 0.2) is 0 Å². The van der Waals surface area contributed by atoms with Gasteiger partial charge in [0.05, 0.1) is 6.61 Å². The van der Waals surface area contributed by atoms with Crippen LogP contribution < -0.4 is 4.74 Å². The van der Waals surface area contributed by atoms with Crippen molar-refractivity contribution in [3.63, 3.8) is 0 Å². The van der Waals surface area contributed by atoms with Gasteiger partial charge in [-0.3, -0.25) is 0 Å². The van der Waals surface area contributed by atoms with Crippen molar-refractivity contribution in [2.45, 2.75) is 20.3 Å². The predicted molar refractivity (Wildman–Crippen MR) is 57.6 cm³/mol. The third-order valence-corrected chi connectivity index (χ3v) is 1.93. The first kappa shape index (κ1) is 11.1. The van der Waals surface area contributed by atoms with Crippen LogP contribution in [-0.2, 0) is 6.42 Å². The van der Waals surface area contributed by atoms with E-state index in [1.807, 2.05) is 24.3 Å². The largest absolute Gasteiger partial charge is 0.493 e. The standard InChI is InChI=1S/C12H18O2/c1-10(2)9-14-12-6-4-3-5-11(12)7-8-13/h3-6,10,13H,7-9H2,1-2H3. The summed E-state index contributed by atoms with van der Waals surface area (Å²) in [6.45, 7) is 5.13. The lowest BCUT2D eigenvalue weighted by molar-refractivity contribution is 0.262. The van der Waals surface area contributed by atoms with Crippen LogP contribution in [0.15, 0.2) is 24.3 Å². The van der Waals surface area contributed by atoms with E-state index in [2.05, 4.69) is 13.8 Å². The Labute approximate surface area is 85.5 Å². The first-order valence-corrected chi connectivity index (χ1v) is 5.05. The monoisotopic (exact) mass is 194 g/mol. The van der Waals surface area contributed by atoms with E-state index >= 15 is 0 Å². The van der Waals surface area contributed by atoms with E-state index in [1.165, 1.54) is 0 Å². The molecule has 0 aliphatic carbocycles. The number of rotatable bonds is 5. The number of aliphatic hydroxyl groups excluding tert-OH is 1. The minimum Gasteiger partial charge on any atom is -0.493 e. The van der Waals surface area contributed by atoms with Gasteiger partial charge in [0, 0.05) is 6.61 Å². The molecule has 1 aromatic carbocycles. The van der Waals surface area contributed by atoms with Crippen LogP contribution in [0.25, 0.3) is 0 Å². The maximum Gasteiger partial charge on any atom is 0.122 e. The van der Waals surface area contributed by atoms with Crippen molar-refractivity contribution in [3.05, 3.63) is 29.8 Å². The van der Waals surface area contributed by atoms with Crippen molar-refractivity contribution < 1.29 is 9.84 Å². The molecular weight excluding hydrogens is 176 g/mol. The lowest BCUT2D eigenvalue weighted by Gasteiger charge is -2.12. The number of hydrogen-bond acceptors (Lipinski definition) is 2. The van der Waals surface area contributed by atoms with Gasteiger partial charge >= 0.3 is 0 Å². The fourth-order valence-electron chi connectivity index (χ4n) is 1.23. The Balaban J connectivity index is 2.64. The molecule has 2 nitrogen and oxygen atoms in total. The van der Waals surface area contributed by atoms with Crippen molar-refractivity contribution in [1.29, 1.82) is 0 Å². The Morgan fingerprint density at radius 3 is 2.64 bits per heavy atom. The number of benzene rings is 1. The molecule has 2 heteroatoms. The van der Waals surface area contributed by atoms with Crippen LogP contribution in [0.1, 0.15) is 19.4 Å². The highest BCUT2D eigenvalue weighted by Gasteiger charge is 2.02. The molecule has 0 unspecified atom stereocenters. The van der Waals surface area contributed by atoms with Gasteiger partial charge in [0.2, 0.25) is 0 Å². The molecule has 0 aliphatic rings. The molecule has 14 heavy (non-hydrogen) atoms. The van der Waals surface area contributed by atoms with Crippen LogP contribution in [0, 0.1) is 5.92 Å². The number of ether oxygens (including phenoxy) is 1. The summed E-state index contributed by atoms with van der Waals surface area (Å²) in [4.78, 5) is 0. The number of aliphatic hydroxyl groups is 1. The van der Waals surface area contributed by atoms with E-state index in [1.54, 1.807) is 0 Å². The second-order valence-corrected chi connectivity index (χ2v) is 3.79. The van der Waals surface area contributed by atoms with Gasteiger partial charge in [-0.15, -0.1) is 0 Å². The van der Waals surface area contributed by atoms with E-state index in [9.17, 15) is 0 Å². The van der Waals surface area contributed by atoms with Crippen LogP contribution in [-0.4, -0.2) is 18.3 Å². The van der Waals surface area contributed by atoms with E-state index in [-0.39, 0.29) is 6.61 Å². The summed E-state index contributed by atoms with van der Waals surface area (Å²) >= 11 is 0. The highest BCUT2D eigenvalue weighted by molar-refractivity contribution is 5.33. The van der Waals surface area contributed by atoms with Gasteiger partial charge in [-0.05, 0) is 24.0 Å². The van der Waals surface area contributed by atoms with E-state index in [0.29, 0.717) is 12.3 Å². The van der Waals surface area contributed by atoms with E-state index in [4.69, 9.17) is 9.84 Å². The van der Waals surface area contributed by atoms with Crippen molar-refractivity contribution in [1.82, 2.24) is 0 Å². The number of para-hydroxylation sites is 1. The van der Waals surface area contributed by atoms with Crippen LogP contribution in [0.5, 0.6) is 5.75 Å². The first-order chi connectivity index (χ1) is 6.74. The zero-order chi connectivity index (χ0) is 10.4. The summed E-state index contributed by atoms with van der Waals surface area (Å²) in [5, 5.41) is 8.87. The molecule has 0 fully saturated rings. The fourth-order valence-corrected chi connectivity index (χ4v) is 1.23. The molecule has 0 radical (unpaired) electrons. The van der Waals surface area contributed by atoms with Gasteiger partial charge in [-0.1, -0.05) is 32.0 Å². The summed E-state index contributed by atoms with van der Waals surface area (Å²) in [6.07, 6.45) is 0.661. The third-order valence-electron chi connectivity index (χ3n) is 1.93. The highest BCUT2D eigenvalue weighted by atomic mass is 16.5. The number of hydrogen-bond donors (Lipinski definition) is 1. The van der Waals surface area contributed by atoms with Crippen LogP contribution in [0.2, 0.25) is 0 Å². The Hall–Kier alpha value is -1.02. The SMILES string of the molecule is CC(C)COc1ccccc1CCO. The highest BCUT2D eigenvalue weighted by Crippen LogP contribution is 2.18. The fraction of sp³-hybridized carbons (Fsp3) is 0.500. The lowest BCUT2D eigenvalue weighted by atomic mass is 10.1. The molecule has 0 aromatic heterocycles. The van der Waals surface area contributed by atoms with Crippen molar-refractivity contribution in [3.8, 4) is 5.75 Å². The average molecular weight is 194 g/mol. The molecule has 0 heterocycles. The zero-order valence-electron chi connectivity index (χ0n) is 8.86. The molecule has 0 atom stereocenters. The quantitative estimate of drug-likeness (QED) is 0.779. The smallest absolute Gasteiger partial charge is 0.122 e. The molecule has 0 saturated carbocycles. The molecule has 78 valence electrons. The Bertz CT molecular complexity index is 269. The molecule has 0 spiro atoms. The summed E-state index contributed by atoms with van der Waals surface area (Å²) in [6, 6.07) is 7.86. The average Bonchev–Trinajstić information content (AvgIpc) is 2.17. The van der Waals surface area contributed by atoms with Crippen molar-refractivity contribution in [2.24, 2.45) is 5.92 Å². The molecule has 0 aliphatic heterocycles. The van der Waals surface area contributed by atoms with Crippen LogP contribution in [0.3, 0.4) is 0 Å². The normalized spacial score (nSPS) is 10.6. The second-order valence-electron chi connectivity index (χ2n) is 3.79. The second kappa shape index (κ2) is 5.66. The molecule has 0 saturated heterocycles. The lowest BCUT2D eigenvalue weighted by Crippen LogP contribution is -2.06. The zero-order valence-corrected chi connectivity index (χ0v) is 8.86. The molecule has 1 rings (SSSR count). The van der Waals surface area contributed by atoms with Gasteiger partial charge in [-0.25, -0.2) is 0 Å². The third kappa shape index (κ3) is 3.38. The molecular formula is C12H18O2. The van der Waals surface area contributed by atoms with Gasteiger partial charge in [-0.2, -0.15) is 0 Å². The predicted octanol–water partition coefficient (Wildman–Crippen LogP) is 2.26. The summed E-state index contributed by atoms with van der Waals surface area (Å²) in [7, 11) is 0. The van der Waals surface area contributed by atoms with E-state index < -0.39 is 0 Å². The Morgan fingerprint density at radius 1 is 1.29 bits per heavy atom. The van der Waals surface area contributed by atoms with E-state index in [0.717, 1.165) is 17.9 Å². The Kier molecular flexibility index (Phi) is 4.47. The minimum absolute atomic E-state index is 0.169. The first-order valence-electron chi connectivity index (χ1n) is 5.05. The minimum atomic E-state index is 0.169.